The van der Waals surface area contributed by atoms with Gasteiger partial charge in [0.05, 0.1) is 7.11 Å². The smallest absolute Gasteiger partial charge is 0.119 e. The number of aryl methyl sites for hydroxylation is 1. The number of fused-ring (bicyclic) bond motifs is 3. The van der Waals surface area contributed by atoms with E-state index >= 15 is 0 Å². The molecule has 1 aromatic carbocycles. The number of methoxy groups -OCH3 is 1. The van der Waals surface area contributed by atoms with Gasteiger partial charge in [-0.25, -0.2) is 0 Å². The van der Waals surface area contributed by atoms with E-state index < -0.39 is 0 Å². The molecular weight excluding hydrogens is 212 g/mol. The number of aromatic nitrogens is 1. The maximum atomic E-state index is 5.88. The van der Waals surface area contributed by atoms with Crippen molar-refractivity contribution in [3.63, 3.8) is 0 Å². The van der Waals surface area contributed by atoms with Gasteiger partial charge < -0.3 is 15.0 Å². The Balaban J connectivity index is 2.30. The summed E-state index contributed by atoms with van der Waals surface area (Å²) in [5, 5.41) is 1.31. The zero-order valence-electron chi connectivity index (χ0n) is 10.4. The molecule has 1 aliphatic rings. The molecule has 0 fully saturated rings. The third-order valence-electron chi connectivity index (χ3n) is 3.99. The van der Waals surface area contributed by atoms with Crippen molar-refractivity contribution in [3.8, 4) is 5.75 Å². The van der Waals surface area contributed by atoms with E-state index in [1.165, 1.54) is 28.6 Å². The summed E-state index contributed by atoms with van der Waals surface area (Å²) in [6.07, 6.45) is 2.33. The molecule has 1 heterocycles. The predicted octanol–water partition coefficient (Wildman–Crippen LogP) is 2.18. The number of ether oxygens (including phenoxy) is 1. The van der Waals surface area contributed by atoms with Crippen molar-refractivity contribution < 1.29 is 4.74 Å². The molecule has 3 rings (SSSR count). The highest BCUT2D eigenvalue weighted by Gasteiger charge is 2.27. The van der Waals surface area contributed by atoms with Crippen LogP contribution in [0.3, 0.4) is 0 Å². The van der Waals surface area contributed by atoms with Gasteiger partial charge in [0.2, 0.25) is 0 Å². The highest BCUT2D eigenvalue weighted by molar-refractivity contribution is 5.88. The van der Waals surface area contributed by atoms with Gasteiger partial charge in [0.15, 0.2) is 0 Å². The van der Waals surface area contributed by atoms with Crippen LogP contribution < -0.4 is 10.5 Å². The summed E-state index contributed by atoms with van der Waals surface area (Å²) in [5.74, 6) is 1.44. The van der Waals surface area contributed by atoms with Crippen molar-refractivity contribution in [2.24, 2.45) is 12.8 Å². The molecule has 0 radical (unpaired) electrons. The average Bonchev–Trinajstić information content (AvgIpc) is 2.90. The standard InChI is InChI=1S/C14H18N2O/c1-16-12-6-4-10(17-2)7-11(12)14-9(8-15)3-5-13(14)16/h4,6-7,9H,3,5,8,15H2,1-2H3. The molecule has 2 N–H and O–H groups in total. The summed E-state index contributed by atoms with van der Waals surface area (Å²) in [6.45, 7) is 0.739. The molecule has 2 aromatic rings. The van der Waals surface area contributed by atoms with Crippen LogP contribution >= 0.6 is 0 Å². The van der Waals surface area contributed by atoms with E-state index in [0.29, 0.717) is 5.92 Å². The van der Waals surface area contributed by atoms with E-state index in [9.17, 15) is 0 Å². The Bertz CT molecular complexity index is 571. The molecule has 3 nitrogen and oxygen atoms in total. The lowest BCUT2D eigenvalue weighted by Crippen LogP contribution is -2.09. The topological polar surface area (TPSA) is 40.2 Å². The van der Waals surface area contributed by atoms with Gasteiger partial charge in [0.25, 0.3) is 0 Å². The van der Waals surface area contributed by atoms with Gasteiger partial charge in [-0.1, -0.05) is 0 Å². The third kappa shape index (κ3) is 1.39. The Morgan fingerprint density at radius 2 is 2.29 bits per heavy atom. The van der Waals surface area contributed by atoms with E-state index in [-0.39, 0.29) is 0 Å². The van der Waals surface area contributed by atoms with Crippen LogP contribution in [-0.2, 0) is 13.5 Å². The highest BCUT2D eigenvalue weighted by atomic mass is 16.5. The number of hydrogen-bond donors (Lipinski definition) is 1. The van der Waals surface area contributed by atoms with Crippen molar-refractivity contribution in [2.75, 3.05) is 13.7 Å². The second kappa shape index (κ2) is 3.77. The van der Waals surface area contributed by atoms with Crippen LogP contribution in [0.2, 0.25) is 0 Å². The van der Waals surface area contributed by atoms with E-state index in [4.69, 9.17) is 10.5 Å². The predicted molar refractivity (Wildman–Crippen MR) is 69.6 cm³/mol. The lowest BCUT2D eigenvalue weighted by Gasteiger charge is -2.07. The maximum Gasteiger partial charge on any atom is 0.119 e. The number of hydrogen-bond acceptors (Lipinski definition) is 2. The quantitative estimate of drug-likeness (QED) is 0.859. The van der Waals surface area contributed by atoms with Gasteiger partial charge in [-0.2, -0.15) is 0 Å². The van der Waals surface area contributed by atoms with Crippen molar-refractivity contribution in [1.29, 1.82) is 0 Å². The van der Waals surface area contributed by atoms with Crippen LogP contribution in [0.15, 0.2) is 18.2 Å². The molecular formula is C14H18N2O. The molecule has 0 aliphatic heterocycles. The van der Waals surface area contributed by atoms with Gasteiger partial charge in [-0.15, -0.1) is 0 Å². The Hall–Kier alpha value is -1.48. The third-order valence-corrected chi connectivity index (χ3v) is 3.99. The number of nitrogens with two attached hydrogens (primary N) is 1. The Morgan fingerprint density at radius 3 is 3.00 bits per heavy atom. The van der Waals surface area contributed by atoms with Gasteiger partial charge in [-0.05, 0) is 49.1 Å². The molecule has 3 heteroatoms. The summed E-state index contributed by atoms with van der Waals surface area (Å²) in [5.41, 5.74) is 10.1. The van der Waals surface area contributed by atoms with Gasteiger partial charge >= 0.3 is 0 Å². The lowest BCUT2D eigenvalue weighted by atomic mass is 10.0. The minimum Gasteiger partial charge on any atom is -0.497 e. The molecule has 1 unspecified atom stereocenters. The van der Waals surface area contributed by atoms with E-state index in [1.807, 2.05) is 6.07 Å². The SMILES string of the molecule is COc1ccc2c(c1)c1c(n2C)CCC1CN. The first kappa shape index (κ1) is 10.7. The minimum absolute atomic E-state index is 0.515. The van der Waals surface area contributed by atoms with E-state index in [1.54, 1.807) is 7.11 Å². The molecule has 1 aromatic heterocycles. The van der Waals surface area contributed by atoms with Crippen molar-refractivity contribution >= 4 is 10.9 Å². The maximum absolute atomic E-state index is 5.88. The summed E-state index contributed by atoms with van der Waals surface area (Å²) in [6, 6.07) is 6.30. The van der Waals surface area contributed by atoms with Crippen LogP contribution in [0.4, 0.5) is 0 Å². The van der Waals surface area contributed by atoms with Crippen LogP contribution in [0, 0.1) is 0 Å². The molecule has 1 atom stereocenters. The molecule has 0 saturated carbocycles. The van der Waals surface area contributed by atoms with Crippen LogP contribution in [0.25, 0.3) is 10.9 Å². The monoisotopic (exact) mass is 230 g/mol. The molecule has 90 valence electrons. The van der Waals surface area contributed by atoms with E-state index in [0.717, 1.165) is 18.7 Å². The Morgan fingerprint density at radius 1 is 1.47 bits per heavy atom. The zero-order chi connectivity index (χ0) is 12.0. The molecule has 17 heavy (non-hydrogen) atoms. The molecule has 1 aliphatic carbocycles. The normalized spacial score (nSPS) is 18.6. The lowest BCUT2D eigenvalue weighted by molar-refractivity contribution is 0.415. The summed E-state index contributed by atoms with van der Waals surface area (Å²) in [7, 11) is 3.86. The van der Waals surface area contributed by atoms with Crippen LogP contribution in [0.5, 0.6) is 5.75 Å². The van der Waals surface area contributed by atoms with Gasteiger partial charge in [-0.3, -0.25) is 0 Å². The van der Waals surface area contributed by atoms with Gasteiger partial charge in [0.1, 0.15) is 5.75 Å². The van der Waals surface area contributed by atoms with Crippen molar-refractivity contribution in [2.45, 2.75) is 18.8 Å². The molecule has 0 saturated heterocycles. The first-order chi connectivity index (χ1) is 8.26. The first-order valence-electron chi connectivity index (χ1n) is 6.11. The minimum atomic E-state index is 0.515. The van der Waals surface area contributed by atoms with Crippen LogP contribution in [0.1, 0.15) is 23.6 Å². The number of nitrogens with zero attached hydrogens (tertiary/aromatic N) is 1. The first-order valence-corrected chi connectivity index (χ1v) is 6.11. The van der Waals surface area contributed by atoms with E-state index in [2.05, 4.69) is 23.7 Å². The fourth-order valence-corrected chi connectivity index (χ4v) is 3.08. The highest BCUT2D eigenvalue weighted by Crippen LogP contribution is 2.40. The Kier molecular flexibility index (Phi) is 2.37. The largest absolute Gasteiger partial charge is 0.497 e. The zero-order valence-corrected chi connectivity index (χ0v) is 10.4. The fraction of sp³-hybridized carbons (Fsp3) is 0.429. The van der Waals surface area contributed by atoms with Crippen molar-refractivity contribution in [1.82, 2.24) is 4.57 Å². The Labute approximate surface area is 101 Å². The summed E-state index contributed by atoms with van der Waals surface area (Å²) >= 11 is 0. The van der Waals surface area contributed by atoms with Crippen LogP contribution in [-0.4, -0.2) is 18.2 Å². The second-order valence-electron chi connectivity index (χ2n) is 4.77. The fourth-order valence-electron chi connectivity index (χ4n) is 3.08. The number of rotatable bonds is 2. The molecule has 0 spiro atoms. The van der Waals surface area contributed by atoms with Gasteiger partial charge in [0, 0.05) is 23.6 Å². The number of benzene rings is 1. The molecule has 0 bridgehead atoms. The molecule has 0 amide bonds. The second-order valence-corrected chi connectivity index (χ2v) is 4.77. The summed E-state index contributed by atoms with van der Waals surface area (Å²) in [4.78, 5) is 0. The average molecular weight is 230 g/mol. The van der Waals surface area contributed by atoms with Crippen molar-refractivity contribution in [3.05, 3.63) is 29.5 Å². The summed E-state index contributed by atoms with van der Waals surface area (Å²) < 4.78 is 7.63.